The third-order valence-electron chi connectivity index (χ3n) is 9.45. The number of carbonyl (C=O) groups excluding carboxylic acids is 4. The fourth-order valence-corrected chi connectivity index (χ4v) is 6.38. The highest BCUT2D eigenvalue weighted by atomic mass is 32.2. The number of amides is 4. The Morgan fingerprint density at radius 2 is 1.43 bits per heavy atom. The fourth-order valence-electron chi connectivity index (χ4n) is 5.89. The Bertz CT molecular complexity index is 2080. The number of aliphatic hydroxyl groups is 1. The molecule has 0 radical (unpaired) electrons. The molecule has 0 heterocycles. The third-order valence-corrected chi connectivity index (χ3v) is 10.7. The van der Waals surface area contributed by atoms with E-state index in [0.29, 0.717) is 5.56 Å². The van der Waals surface area contributed by atoms with Gasteiger partial charge in [-0.2, -0.15) is 0 Å². The topological polar surface area (TPSA) is 174 Å². The van der Waals surface area contributed by atoms with Crippen LogP contribution >= 0.6 is 0 Å². The molecule has 298 valence electrons. The Morgan fingerprint density at radius 1 is 0.821 bits per heavy atom. The largest absolute Gasteiger partial charge is 0.380 e. The van der Waals surface area contributed by atoms with E-state index in [1.54, 1.807) is 20.8 Å². The molecule has 0 aliphatic carbocycles. The summed E-state index contributed by atoms with van der Waals surface area (Å²) in [5.74, 6) is -3.11. The van der Waals surface area contributed by atoms with Gasteiger partial charge in [0.25, 0.3) is 11.8 Å². The van der Waals surface area contributed by atoms with Crippen molar-refractivity contribution in [1.29, 1.82) is 0 Å². The van der Waals surface area contributed by atoms with Gasteiger partial charge in [0, 0.05) is 31.3 Å². The second kappa shape index (κ2) is 19.3. The SMILES string of the molecule is CC(C)[C@H](NC(=O)CCC(O)(CCc1ccccc1)C(=O)Nc1cc(C(=O)N[C@H](C)c2ccc(F)cc2)cc(N(C)S(C)(=O)=O)c1)C(=O)NCc1ccccc1. The molecule has 0 aliphatic rings. The molecule has 0 aliphatic heterocycles. The minimum atomic E-state index is -3.81. The number of anilines is 2. The number of sulfonamides is 1. The van der Waals surface area contributed by atoms with Gasteiger partial charge in [0.05, 0.1) is 18.0 Å². The highest BCUT2D eigenvalue weighted by Gasteiger charge is 2.37. The Labute approximate surface area is 327 Å². The van der Waals surface area contributed by atoms with Gasteiger partial charge >= 0.3 is 0 Å². The van der Waals surface area contributed by atoms with E-state index >= 15 is 0 Å². The molecule has 4 rings (SSSR count). The molecule has 56 heavy (non-hydrogen) atoms. The number of benzene rings is 4. The van der Waals surface area contributed by atoms with Gasteiger partial charge in [0.1, 0.15) is 17.5 Å². The summed E-state index contributed by atoms with van der Waals surface area (Å²) in [5.41, 5.74) is 0.308. The van der Waals surface area contributed by atoms with Gasteiger partial charge in [-0.1, -0.05) is 86.6 Å². The summed E-state index contributed by atoms with van der Waals surface area (Å²) in [6.45, 7) is 5.56. The fraction of sp³-hybridized carbons (Fsp3) is 0.333. The van der Waals surface area contributed by atoms with E-state index < -0.39 is 51.2 Å². The van der Waals surface area contributed by atoms with Gasteiger partial charge in [-0.3, -0.25) is 23.5 Å². The van der Waals surface area contributed by atoms with Crippen LogP contribution < -0.4 is 25.6 Å². The predicted octanol–water partition coefficient (Wildman–Crippen LogP) is 5.25. The van der Waals surface area contributed by atoms with Crippen molar-refractivity contribution in [3.63, 3.8) is 0 Å². The van der Waals surface area contributed by atoms with E-state index in [1.807, 2.05) is 60.7 Å². The first kappa shape index (κ1) is 43.1. The Hall–Kier alpha value is -5.60. The highest BCUT2D eigenvalue weighted by molar-refractivity contribution is 7.92. The summed E-state index contributed by atoms with van der Waals surface area (Å²) in [5, 5.41) is 23.0. The Balaban J connectivity index is 1.56. The molecule has 4 amide bonds. The number of nitrogens with zero attached hydrogens (tertiary/aromatic N) is 1. The van der Waals surface area contributed by atoms with Gasteiger partial charge in [-0.05, 0) is 79.1 Å². The molecule has 5 N–H and O–H groups in total. The Kier molecular flexibility index (Phi) is 14.9. The van der Waals surface area contributed by atoms with Crippen molar-refractivity contribution >= 4 is 45.0 Å². The van der Waals surface area contributed by atoms with Crippen LogP contribution in [0.2, 0.25) is 0 Å². The first-order valence-electron chi connectivity index (χ1n) is 18.3. The molecular weight excluding hydrogens is 738 g/mol. The van der Waals surface area contributed by atoms with E-state index in [2.05, 4.69) is 21.3 Å². The smallest absolute Gasteiger partial charge is 0.256 e. The first-order valence-corrected chi connectivity index (χ1v) is 20.1. The second-order valence-electron chi connectivity index (χ2n) is 14.2. The maximum atomic E-state index is 14.1. The predicted molar refractivity (Wildman–Crippen MR) is 215 cm³/mol. The molecule has 0 fully saturated rings. The standard InChI is InChI=1S/C42H50FN5O7S/c1-28(2)38(40(51)44-27-31-14-10-7-11-15-31)47-37(49)21-23-42(53,22-20-30-12-8-6-9-13-30)41(52)46-35-24-33(25-36(26-35)48(4)56(5,54)55)39(50)45-29(3)32-16-18-34(43)19-17-32/h6-19,24-26,28-29,38,53H,20-23,27H2,1-5H3,(H,44,51)(H,45,50)(H,46,52)(H,47,49)/t29-,38+,42?/m1/s1. The lowest BCUT2D eigenvalue weighted by atomic mass is 9.88. The second-order valence-corrected chi connectivity index (χ2v) is 16.2. The highest BCUT2D eigenvalue weighted by Crippen LogP contribution is 2.28. The van der Waals surface area contributed by atoms with E-state index in [-0.39, 0.29) is 61.0 Å². The third kappa shape index (κ3) is 12.5. The van der Waals surface area contributed by atoms with Crippen molar-refractivity contribution in [1.82, 2.24) is 16.0 Å². The van der Waals surface area contributed by atoms with E-state index in [1.165, 1.54) is 49.5 Å². The summed E-state index contributed by atoms with van der Waals surface area (Å²) in [4.78, 5) is 54.0. The summed E-state index contributed by atoms with van der Waals surface area (Å²) in [7, 11) is -2.52. The number of hydrogen-bond acceptors (Lipinski definition) is 7. The summed E-state index contributed by atoms with van der Waals surface area (Å²) < 4.78 is 39.5. The molecule has 0 saturated carbocycles. The number of aryl methyl sites for hydroxylation is 1. The number of hydrogen-bond donors (Lipinski definition) is 5. The molecule has 14 heteroatoms. The zero-order chi connectivity index (χ0) is 41.0. The normalized spacial score (nSPS) is 13.5. The minimum absolute atomic E-state index is 0.000247. The number of rotatable bonds is 18. The summed E-state index contributed by atoms with van der Waals surface area (Å²) >= 11 is 0. The van der Waals surface area contributed by atoms with Crippen molar-refractivity contribution in [2.24, 2.45) is 5.92 Å². The van der Waals surface area contributed by atoms with Crippen molar-refractivity contribution in [3.05, 3.63) is 131 Å². The maximum Gasteiger partial charge on any atom is 0.256 e. The molecule has 0 aromatic heterocycles. The van der Waals surface area contributed by atoms with E-state index in [4.69, 9.17) is 0 Å². The zero-order valence-corrected chi connectivity index (χ0v) is 33.0. The molecule has 12 nitrogen and oxygen atoms in total. The van der Waals surface area contributed by atoms with Gasteiger partial charge in [0.2, 0.25) is 21.8 Å². The van der Waals surface area contributed by atoms with Crippen molar-refractivity contribution in [2.45, 2.75) is 70.7 Å². The van der Waals surface area contributed by atoms with Crippen LogP contribution in [0.25, 0.3) is 0 Å². The van der Waals surface area contributed by atoms with Gasteiger partial charge in [0.15, 0.2) is 0 Å². The van der Waals surface area contributed by atoms with Gasteiger partial charge in [-0.25, -0.2) is 12.8 Å². The maximum absolute atomic E-state index is 14.1. The van der Waals surface area contributed by atoms with Gasteiger partial charge in [-0.15, -0.1) is 0 Å². The zero-order valence-electron chi connectivity index (χ0n) is 32.2. The van der Waals surface area contributed by atoms with Crippen LogP contribution in [0.15, 0.2) is 103 Å². The minimum Gasteiger partial charge on any atom is -0.380 e. The number of halogens is 1. The molecule has 0 bridgehead atoms. The van der Waals surface area contributed by atoms with Crippen LogP contribution in [-0.4, -0.2) is 62.1 Å². The first-order chi connectivity index (χ1) is 26.4. The molecule has 0 spiro atoms. The van der Waals surface area contributed by atoms with Gasteiger partial charge < -0.3 is 26.4 Å². The average Bonchev–Trinajstić information content (AvgIpc) is 3.17. The molecule has 1 unspecified atom stereocenters. The van der Waals surface area contributed by atoms with Crippen molar-refractivity contribution < 1.29 is 37.1 Å². The molecule has 0 saturated heterocycles. The number of carbonyl (C=O) groups is 4. The Morgan fingerprint density at radius 3 is 2.02 bits per heavy atom. The van der Waals surface area contributed by atoms with Crippen LogP contribution in [0.1, 0.15) is 73.1 Å². The van der Waals surface area contributed by atoms with Crippen LogP contribution in [0.5, 0.6) is 0 Å². The molecule has 4 aromatic rings. The summed E-state index contributed by atoms with van der Waals surface area (Å²) in [6.07, 6.45) is 0.541. The molecule has 3 atom stereocenters. The molecular formula is C42H50FN5O7S. The lowest BCUT2D eigenvalue weighted by molar-refractivity contribution is -0.137. The lowest BCUT2D eigenvalue weighted by Crippen LogP contribution is -2.50. The number of nitrogens with one attached hydrogen (secondary N) is 4. The van der Waals surface area contributed by atoms with Crippen LogP contribution in [0.4, 0.5) is 15.8 Å². The van der Waals surface area contributed by atoms with Crippen LogP contribution in [0.3, 0.4) is 0 Å². The van der Waals surface area contributed by atoms with Crippen molar-refractivity contribution in [2.75, 3.05) is 22.9 Å². The quantitative estimate of drug-likeness (QED) is 0.0916. The van der Waals surface area contributed by atoms with Crippen LogP contribution in [0, 0.1) is 11.7 Å². The molecule has 4 aromatic carbocycles. The van der Waals surface area contributed by atoms with Crippen molar-refractivity contribution in [3.8, 4) is 0 Å². The monoisotopic (exact) mass is 787 g/mol. The van der Waals surface area contributed by atoms with E-state index in [0.717, 1.165) is 21.7 Å². The van der Waals surface area contributed by atoms with E-state index in [9.17, 15) is 37.1 Å². The van der Waals surface area contributed by atoms with Crippen LogP contribution in [-0.2, 0) is 37.4 Å². The lowest BCUT2D eigenvalue weighted by Gasteiger charge is -2.28. The average molecular weight is 788 g/mol. The summed E-state index contributed by atoms with van der Waals surface area (Å²) in [6, 6.07) is 26.7.